The normalized spacial score (nSPS) is 10.4. The minimum absolute atomic E-state index is 0.206. The quantitative estimate of drug-likeness (QED) is 0.475. The molecule has 2 amide bonds. The van der Waals surface area contributed by atoms with Crippen molar-refractivity contribution in [2.24, 2.45) is 0 Å². The van der Waals surface area contributed by atoms with Crippen molar-refractivity contribution in [3.8, 4) is 5.75 Å². The van der Waals surface area contributed by atoms with Crippen LogP contribution in [0.3, 0.4) is 0 Å². The summed E-state index contributed by atoms with van der Waals surface area (Å²) in [4.78, 5) is 35.1. The van der Waals surface area contributed by atoms with Gasteiger partial charge in [-0.1, -0.05) is 30.3 Å². The number of benzene rings is 2. The van der Waals surface area contributed by atoms with Gasteiger partial charge in [-0.2, -0.15) is 0 Å². The van der Waals surface area contributed by atoms with E-state index in [0.29, 0.717) is 17.0 Å². The molecular weight excluding hydrogens is 332 g/mol. The van der Waals surface area contributed by atoms with Crippen LogP contribution in [0.15, 0.2) is 60.7 Å². The van der Waals surface area contributed by atoms with Crippen LogP contribution in [0.25, 0.3) is 0 Å². The van der Waals surface area contributed by atoms with Crippen molar-refractivity contribution in [1.82, 2.24) is 5.32 Å². The molecule has 0 radical (unpaired) electrons. The Balaban J connectivity index is 2.12. The van der Waals surface area contributed by atoms with Gasteiger partial charge >= 0.3 is 5.97 Å². The largest absolute Gasteiger partial charge is 0.427 e. The van der Waals surface area contributed by atoms with Gasteiger partial charge in [0.15, 0.2) is 0 Å². The molecule has 0 bridgehead atoms. The zero-order chi connectivity index (χ0) is 18.9. The molecule has 2 N–H and O–H groups in total. The molecule has 2 aromatic rings. The number of rotatable bonds is 6. The van der Waals surface area contributed by atoms with Gasteiger partial charge in [-0.25, -0.2) is 0 Å². The van der Waals surface area contributed by atoms with Crippen LogP contribution in [-0.4, -0.2) is 17.8 Å². The molecular formula is C20H20N2O4. The van der Waals surface area contributed by atoms with Gasteiger partial charge in [-0.05, 0) is 42.8 Å². The molecule has 0 saturated heterocycles. The zero-order valence-electron chi connectivity index (χ0n) is 14.6. The molecule has 0 aromatic heterocycles. The number of nitrogens with one attached hydrogen (secondary N) is 2. The fraction of sp³-hybridized carbons (Fsp3) is 0.150. The minimum atomic E-state index is -0.454. The monoisotopic (exact) mass is 352 g/mol. The van der Waals surface area contributed by atoms with Crippen molar-refractivity contribution in [2.75, 3.05) is 5.32 Å². The number of hydrogen-bond acceptors (Lipinski definition) is 4. The molecule has 134 valence electrons. The third-order valence-corrected chi connectivity index (χ3v) is 3.39. The molecule has 26 heavy (non-hydrogen) atoms. The van der Waals surface area contributed by atoms with E-state index in [-0.39, 0.29) is 18.4 Å². The molecule has 6 heteroatoms. The lowest BCUT2D eigenvalue weighted by Crippen LogP contribution is -2.22. The van der Waals surface area contributed by atoms with Gasteiger partial charge < -0.3 is 15.4 Å². The molecule has 0 saturated carbocycles. The third kappa shape index (κ3) is 5.59. The van der Waals surface area contributed by atoms with Gasteiger partial charge in [0.05, 0.1) is 0 Å². The van der Waals surface area contributed by atoms with Gasteiger partial charge in [0.1, 0.15) is 5.75 Å². The third-order valence-electron chi connectivity index (χ3n) is 3.39. The number of carbonyl (C=O) groups excluding carboxylic acids is 3. The fourth-order valence-electron chi connectivity index (χ4n) is 2.25. The number of hydrogen-bond donors (Lipinski definition) is 2. The summed E-state index contributed by atoms with van der Waals surface area (Å²) >= 11 is 0. The number of esters is 1. The Morgan fingerprint density at radius 1 is 1.08 bits per heavy atom. The van der Waals surface area contributed by atoms with Crippen LogP contribution >= 0.6 is 0 Å². The lowest BCUT2D eigenvalue weighted by Gasteiger charge is -2.12. The van der Waals surface area contributed by atoms with E-state index in [1.807, 2.05) is 12.1 Å². The summed E-state index contributed by atoms with van der Waals surface area (Å²) in [5, 5.41) is 5.56. The maximum absolute atomic E-state index is 12.5. The molecule has 0 spiro atoms. The molecule has 6 nitrogen and oxygen atoms in total. The first-order chi connectivity index (χ1) is 12.5. The topological polar surface area (TPSA) is 84.5 Å². The van der Waals surface area contributed by atoms with E-state index in [4.69, 9.17) is 4.74 Å². The van der Waals surface area contributed by atoms with Crippen molar-refractivity contribution in [3.63, 3.8) is 0 Å². The highest BCUT2D eigenvalue weighted by atomic mass is 16.5. The van der Waals surface area contributed by atoms with E-state index >= 15 is 0 Å². The standard InChI is InChI=1S/C20H20N2O4/c1-3-7-19(24)21-13-16-8-4-5-11-18(16)22-20(25)15-9-6-10-17(12-15)26-14(2)23/h3-12H,13H2,1-2H3,(H,21,24)(H,22,25)/b7-3+. The second kappa shape index (κ2) is 9.17. The van der Waals surface area contributed by atoms with Crippen LogP contribution in [0.1, 0.15) is 29.8 Å². The Bertz CT molecular complexity index is 843. The number of amides is 2. The van der Waals surface area contributed by atoms with Crippen LogP contribution in [-0.2, 0) is 16.1 Å². The lowest BCUT2D eigenvalue weighted by molar-refractivity contribution is -0.131. The predicted molar refractivity (Wildman–Crippen MR) is 98.8 cm³/mol. The Labute approximate surface area is 151 Å². The van der Waals surface area contributed by atoms with Crippen molar-refractivity contribution in [2.45, 2.75) is 20.4 Å². The first kappa shape index (κ1) is 18.9. The minimum Gasteiger partial charge on any atom is -0.427 e. The van der Waals surface area contributed by atoms with Crippen LogP contribution in [0.5, 0.6) is 5.75 Å². The van der Waals surface area contributed by atoms with Gasteiger partial charge in [-0.3, -0.25) is 14.4 Å². The van der Waals surface area contributed by atoms with Gasteiger partial charge in [-0.15, -0.1) is 0 Å². The number of para-hydroxylation sites is 1. The van der Waals surface area contributed by atoms with Crippen molar-refractivity contribution in [1.29, 1.82) is 0 Å². The van der Waals surface area contributed by atoms with E-state index < -0.39 is 5.97 Å². The number of anilines is 1. The summed E-state index contributed by atoms with van der Waals surface area (Å²) < 4.78 is 4.99. The first-order valence-corrected chi connectivity index (χ1v) is 8.08. The zero-order valence-corrected chi connectivity index (χ0v) is 14.6. The Hall–Kier alpha value is -3.41. The molecule has 0 aliphatic carbocycles. The van der Waals surface area contributed by atoms with Crippen molar-refractivity contribution < 1.29 is 19.1 Å². The van der Waals surface area contributed by atoms with Gasteiger partial charge in [0.2, 0.25) is 5.91 Å². The molecule has 0 unspecified atom stereocenters. The molecule has 0 atom stereocenters. The smallest absolute Gasteiger partial charge is 0.308 e. The molecule has 0 aliphatic heterocycles. The summed E-state index contributed by atoms with van der Waals surface area (Å²) in [6, 6.07) is 13.5. The SMILES string of the molecule is C/C=C/C(=O)NCc1ccccc1NC(=O)c1cccc(OC(C)=O)c1. The maximum atomic E-state index is 12.5. The van der Waals surface area contributed by atoms with E-state index in [2.05, 4.69) is 10.6 Å². The Kier molecular flexibility index (Phi) is 6.68. The van der Waals surface area contributed by atoms with Crippen molar-refractivity contribution in [3.05, 3.63) is 71.8 Å². The summed E-state index contributed by atoms with van der Waals surface area (Å²) in [6.07, 6.45) is 3.08. The summed E-state index contributed by atoms with van der Waals surface area (Å²) in [6.45, 7) is 3.34. The van der Waals surface area contributed by atoms with Crippen LogP contribution < -0.4 is 15.4 Å². The summed E-state index contributed by atoms with van der Waals surface area (Å²) in [5.41, 5.74) is 1.72. The highest BCUT2D eigenvalue weighted by molar-refractivity contribution is 6.05. The van der Waals surface area contributed by atoms with Crippen LogP contribution in [0.2, 0.25) is 0 Å². The first-order valence-electron chi connectivity index (χ1n) is 8.08. The van der Waals surface area contributed by atoms with Gasteiger partial charge in [0, 0.05) is 24.7 Å². The van der Waals surface area contributed by atoms with E-state index in [1.54, 1.807) is 43.3 Å². The molecule has 2 aromatic carbocycles. The average Bonchev–Trinajstić information content (AvgIpc) is 2.61. The maximum Gasteiger partial charge on any atom is 0.308 e. The molecule has 2 rings (SSSR count). The number of ether oxygens (including phenoxy) is 1. The number of carbonyl (C=O) groups is 3. The van der Waals surface area contributed by atoms with E-state index in [0.717, 1.165) is 5.56 Å². The van der Waals surface area contributed by atoms with E-state index in [9.17, 15) is 14.4 Å². The second-order valence-electron chi connectivity index (χ2n) is 5.45. The molecule has 0 aliphatic rings. The average molecular weight is 352 g/mol. The summed E-state index contributed by atoms with van der Waals surface area (Å²) in [5.74, 6) is -0.698. The predicted octanol–water partition coefficient (Wildman–Crippen LogP) is 3.06. The second-order valence-corrected chi connectivity index (χ2v) is 5.45. The van der Waals surface area contributed by atoms with Crippen LogP contribution in [0.4, 0.5) is 5.69 Å². The lowest BCUT2D eigenvalue weighted by atomic mass is 10.1. The van der Waals surface area contributed by atoms with Crippen LogP contribution in [0, 0.1) is 0 Å². The Morgan fingerprint density at radius 3 is 2.58 bits per heavy atom. The molecule has 0 fully saturated rings. The fourth-order valence-corrected chi connectivity index (χ4v) is 2.25. The molecule has 0 heterocycles. The Morgan fingerprint density at radius 2 is 1.85 bits per heavy atom. The van der Waals surface area contributed by atoms with Gasteiger partial charge in [0.25, 0.3) is 5.91 Å². The highest BCUT2D eigenvalue weighted by Gasteiger charge is 2.11. The van der Waals surface area contributed by atoms with Crippen molar-refractivity contribution >= 4 is 23.5 Å². The highest BCUT2D eigenvalue weighted by Crippen LogP contribution is 2.18. The number of allylic oxidation sites excluding steroid dienone is 1. The van der Waals surface area contributed by atoms with E-state index in [1.165, 1.54) is 19.1 Å². The summed E-state index contributed by atoms with van der Waals surface area (Å²) in [7, 11) is 0.